The van der Waals surface area contributed by atoms with E-state index in [1.165, 1.54) is 21.5 Å². The number of hydrogen-bond acceptors (Lipinski definition) is 10. The van der Waals surface area contributed by atoms with Gasteiger partial charge in [-0.3, -0.25) is 28.7 Å². The van der Waals surface area contributed by atoms with Gasteiger partial charge in [0.15, 0.2) is 6.29 Å². The molecule has 4 aromatic rings. The minimum Gasteiger partial charge on any atom is -0.405 e. The lowest BCUT2D eigenvalue weighted by atomic mass is 10.2. The molecule has 2 saturated heterocycles. The lowest BCUT2D eigenvalue weighted by Crippen LogP contribution is -2.67. The lowest BCUT2D eigenvalue weighted by molar-refractivity contribution is -0.185. The van der Waals surface area contributed by atoms with E-state index in [-0.39, 0.29) is 31.3 Å². The maximum atomic E-state index is 12.9. The van der Waals surface area contributed by atoms with Crippen LogP contribution < -0.4 is 32.9 Å². The first-order valence-electron chi connectivity index (χ1n) is 17.4. The van der Waals surface area contributed by atoms with Crippen LogP contribution in [0.2, 0.25) is 5.04 Å². The van der Waals surface area contributed by atoms with E-state index in [0.717, 1.165) is 10.4 Å². The first-order valence-corrected chi connectivity index (χ1v) is 19.3. The Labute approximate surface area is 301 Å². The second-order valence-corrected chi connectivity index (χ2v) is 18.6. The SMILES string of the molecule is Cc1cn(C2CC(O)C(OCCOC3C[C@H](n4cc(C)c(=O)[nH]c4=O)O[C@@H]3CO[Si](c3ccccc3)(c3ccccc3)C(C)(C)C)O2)c(=O)[nH]c1=O. The standard InChI is InChI=1S/C37H46N4O10Si/c1-23-20-40(35(45)38-32(23)43)30-18-27(42)34(51-30)48-17-16-47-28-19-31(41-21-24(2)33(44)39-36(41)46)50-29(28)22-49-52(37(3,4)5,25-12-8-6-9-13-25)26-14-10-7-11-15-26/h6-15,20-21,27-31,34,42H,16-19,22H2,1-5H3,(H,38,43,45)(H,39,44,46)/t27?,28?,29-,30?,31-,34?/m1/s1. The van der Waals surface area contributed by atoms with Crippen LogP contribution in [-0.4, -0.2) is 76.9 Å². The molecule has 2 aromatic carbocycles. The first-order chi connectivity index (χ1) is 24.8. The number of aromatic nitrogens is 4. The van der Waals surface area contributed by atoms with Gasteiger partial charge in [-0.2, -0.15) is 0 Å². The summed E-state index contributed by atoms with van der Waals surface area (Å²) in [5.74, 6) is 0. The zero-order valence-electron chi connectivity index (χ0n) is 29.9. The van der Waals surface area contributed by atoms with E-state index >= 15 is 0 Å². The molecule has 6 atom stereocenters. The zero-order valence-corrected chi connectivity index (χ0v) is 30.9. The third-order valence-electron chi connectivity index (χ3n) is 9.72. The number of aliphatic hydroxyl groups excluding tert-OH is 1. The molecular formula is C37H46N4O10Si. The Balaban J connectivity index is 1.20. The predicted octanol–water partition coefficient (Wildman–Crippen LogP) is 1.58. The van der Waals surface area contributed by atoms with E-state index in [0.29, 0.717) is 17.5 Å². The van der Waals surface area contributed by atoms with E-state index in [1.807, 2.05) is 36.4 Å². The highest BCUT2D eigenvalue weighted by Gasteiger charge is 2.51. The fourth-order valence-electron chi connectivity index (χ4n) is 7.08. The number of nitrogens with one attached hydrogen (secondary N) is 2. The van der Waals surface area contributed by atoms with E-state index in [2.05, 4.69) is 55.0 Å². The van der Waals surface area contributed by atoms with Gasteiger partial charge in [0.05, 0.1) is 25.9 Å². The highest BCUT2D eigenvalue weighted by molar-refractivity contribution is 6.99. The van der Waals surface area contributed by atoms with Crippen LogP contribution in [0.25, 0.3) is 0 Å². The molecule has 0 spiro atoms. The van der Waals surface area contributed by atoms with Crippen molar-refractivity contribution in [2.24, 2.45) is 0 Å². The van der Waals surface area contributed by atoms with Gasteiger partial charge in [-0.1, -0.05) is 81.4 Å². The third kappa shape index (κ3) is 7.62. The number of nitrogens with zero attached hydrogens (tertiary/aromatic N) is 2. The number of benzene rings is 2. The molecule has 278 valence electrons. The summed E-state index contributed by atoms with van der Waals surface area (Å²) in [6.07, 6.45) is -1.48. The monoisotopic (exact) mass is 734 g/mol. The highest BCUT2D eigenvalue weighted by atomic mass is 28.4. The van der Waals surface area contributed by atoms with Gasteiger partial charge >= 0.3 is 11.4 Å². The molecule has 0 saturated carbocycles. The molecule has 52 heavy (non-hydrogen) atoms. The molecule has 2 fully saturated rings. The van der Waals surface area contributed by atoms with E-state index in [1.54, 1.807) is 13.8 Å². The molecule has 0 radical (unpaired) electrons. The molecule has 4 heterocycles. The van der Waals surface area contributed by atoms with Crippen molar-refractivity contribution in [2.75, 3.05) is 19.8 Å². The number of rotatable bonds is 12. The quantitative estimate of drug-likeness (QED) is 0.143. The van der Waals surface area contributed by atoms with Crippen molar-refractivity contribution in [3.05, 3.63) is 126 Å². The molecule has 2 aromatic heterocycles. The topological polar surface area (TPSA) is 176 Å². The largest absolute Gasteiger partial charge is 0.405 e. The van der Waals surface area contributed by atoms with Gasteiger partial charge in [0, 0.05) is 36.4 Å². The van der Waals surface area contributed by atoms with E-state index < -0.39 is 67.9 Å². The van der Waals surface area contributed by atoms with Gasteiger partial charge in [-0.15, -0.1) is 0 Å². The van der Waals surface area contributed by atoms with Crippen molar-refractivity contribution >= 4 is 18.7 Å². The van der Waals surface area contributed by atoms with Gasteiger partial charge in [-0.05, 0) is 29.3 Å². The van der Waals surface area contributed by atoms with Gasteiger partial charge in [-0.25, -0.2) is 9.59 Å². The summed E-state index contributed by atoms with van der Waals surface area (Å²) in [6.45, 7) is 10.0. The minimum atomic E-state index is -2.95. The number of aliphatic hydroxyl groups is 1. The second-order valence-electron chi connectivity index (χ2n) is 14.3. The Hall–Kier alpha value is -4.22. The number of H-pyrrole nitrogens is 2. The molecule has 0 bridgehead atoms. The summed E-state index contributed by atoms with van der Waals surface area (Å²) < 4.78 is 34.3. The van der Waals surface area contributed by atoms with Crippen molar-refractivity contribution in [1.82, 2.24) is 19.1 Å². The summed E-state index contributed by atoms with van der Waals surface area (Å²) in [5.41, 5.74) is -1.48. The van der Waals surface area contributed by atoms with Crippen molar-refractivity contribution < 1.29 is 28.5 Å². The molecule has 0 amide bonds. The molecule has 2 aliphatic rings. The van der Waals surface area contributed by atoms with Gasteiger partial charge in [0.1, 0.15) is 24.7 Å². The first kappa shape index (κ1) is 37.5. The Bertz CT molecular complexity index is 2040. The van der Waals surface area contributed by atoms with Crippen LogP contribution >= 0.6 is 0 Å². The van der Waals surface area contributed by atoms with Crippen LogP contribution in [0.3, 0.4) is 0 Å². The number of ether oxygens (including phenoxy) is 4. The van der Waals surface area contributed by atoms with Crippen molar-refractivity contribution in [3.8, 4) is 0 Å². The molecular weight excluding hydrogens is 689 g/mol. The number of aromatic amines is 2. The van der Waals surface area contributed by atoms with Crippen molar-refractivity contribution in [3.63, 3.8) is 0 Å². The Kier molecular flexibility index (Phi) is 11.1. The normalized spacial score (nSPS) is 23.7. The number of aryl methyl sites for hydroxylation is 2. The molecule has 15 heteroatoms. The zero-order chi connectivity index (χ0) is 37.2. The van der Waals surface area contributed by atoms with Gasteiger partial charge in [0.2, 0.25) is 0 Å². The molecule has 3 N–H and O–H groups in total. The van der Waals surface area contributed by atoms with Crippen LogP contribution in [0.5, 0.6) is 0 Å². The highest BCUT2D eigenvalue weighted by Crippen LogP contribution is 2.38. The molecule has 6 rings (SSSR count). The molecule has 2 aliphatic heterocycles. The average molecular weight is 735 g/mol. The van der Waals surface area contributed by atoms with Crippen LogP contribution in [0.1, 0.15) is 57.2 Å². The summed E-state index contributed by atoms with van der Waals surface area (Å²) in [6, 6.07) is 20.5. The van der Waals surface area contributed by atoms with Gasteiger partial charge in [0.25, 0.3) is 19.4 Å². The van der Waals surface area contributed by atoms with Crippen LogP contribution in [0.15, 0.2) is 92.2 Å². The maximum absolute atomic E-state index is 12.9. The summed E-state index contributed by atoms with van der Waals surface area (Å²) in [7, 11) is -2.95. The Morgan fingerprint density at radius 3 is 1.79 bits per heavy atom. The molecule has 0 aliphatic carbocycles. The fourth-order valence-corrected chi connectivity index (χ4v) is 11.6. The van der Waals surface area contributed by atoms with Crippen LogP contribution in [-0.2, 0) is 23.4 Å². The van der Waals surface area contributed by atoms with Crippen LogP contribution in [0.4, 0.5) is 0 Å². The van der Waals surface area contributed by atoms with Crippen molar-refractivity contribution in [2.45, 2.75) is 89.6 Å². The Morgan fingerprint density at radius 1 is 0.769 bits per heavy atom. The summed E-state index contributed by atoms with van der Waals surface area (Å²) >= 11 is 0. The average Bonchev–Trinajstić information content (AvgIpc) is 3.69. The molecule has 4 unspecified atom stereocenters. The number of hydrogen-bond donors (Lipinski definition) is 3. The minimum absolute atomic E-state index is 0.0369. The maximum Gasteiger partial charge on any atom is 0.330 e. The van der Waals surface area contributed by atoms with Crippen molar-refractivity contribution in [1.29, 1.82) is 0 Å². The second kappa shape index (κ2) is 15.4. The van der Waals surface area contributed by atoms with Crippen LogP contribution in [0, 0.1) is 13.8 Å². The van der Waals surface area contributed by atoms with E-state index in [9.17, 15) is 24.3 Å². The smallest absolute Gasteiger partial charge is 0.330 e. The third-order valence-corrected chi connectivity index (χ3v) is 14.7. The Morgan fingerprint density at radius 2 is 1.27 bits per heavy atom. The summed E-state index contributed by atoms with van der Waals surface area (Å²) in [4.78, 5) is 53.8. The predicted molar refractivity (Wildman–Crippen MR) is 194 cm³/mol. The summed E-state index contributed by atoms with van der Waals surface area (Å²) in [5, 5.41) is 12.6. The lowest BCUT2D eigenvalue weighted by Gasteiger charge is -2.43. The van der Waals surface area contributed by atoms with E-state index in [4.69, 9.17) is 23.4 Å². The molecule has 14 nitrogen and oxygen atoms in total. The van der Waals surface area contributed by atoms with Gasteiger partial charge < -0.3 is 28.5 Å². The fraction of sp³-hybridized carbons (Fsp3) is 0.459.